The summed E-state index contributed by atoms with van der Waals surface area (Å²) in [6, 6.07) is 6.67. The molecule has 0 radical (unpaired) electrons. The minimum Gasteiger partial charge on any atom is -0.379 e. The lowest BCUT2D eigenvalue weighted by molar-refractivity contribution is -0.200. The number of rotatable bonds is 27. The Morgan fingerprint density at radius 1 is 0.831 bits per heavy atom. The summed E-state index contributed by atoms with van der Waals surface area (Å²) in [7, 11) is 6.85. The van der Waals surface area contributed by atoms with E-state index in [0.717, 1.165) is 63.5 Å². The zero-order valence-electron chi connectivity index (χ0n) is 42.1. The molecule has 0 spiro atoms. The van der Waals surface area contributed by atoms with Crippen LogP contribution in [0.5, 0.6) is 0 Å². The fraction of sp³-hybridized carbons (Fsp3) is 0.780. The van der Waals surface area contributed by atoms with Gasteiger partial charge in [-0.25, -0.2) is 5.06 Å². The third-order valence-corrected chi connectivity index (χ3v) is 14.0. The van der Waals surface area contributed by atoms with E-state index >= 15 is 0 Å². The molecule has 2 aliphatic heterocycles. The first-order valence-electron chi connectivity index (χ1n) is 24.6. The van der Waals surface area contributed by atoms with Crippen LogP contribution in [0.4, 0.5) is 0 Å². The Bertz CT molecular complexity index is 1610. The molecule has 370 valence electrons. The van der Waals surface area contributed by atoms with Gasteiger partial charge in [0.05, 0.1) is 49.3 Å². The molecule has 0 aromatic heterocycles. The molecule has 2 heterocycles. The monoisotopic (exact) mass is 914 g/mol. The summed E-state index contributed by atoms with van der Waals surface area (Å²) in [5, 5.41) is 7.59. The number of carbonyl (C=O) groups is 5. The van der Waals surface area contributed by atoms with Crippen LogP contribution >= 0.6 is 0 Å². The Morgan fingerprint density at radius 3 is 2.06 bits per heavy atom. The zero-order chi connectivity index (χ0) is 48.4. The van der Waals surface area contributed by atoms with E-state index in [1.54, 1.807) is 38.0 Å². The first-order chi connectivity index (χ1) is 30.9. The predicted octanol–water partition coefficient (Wildman–Crippen LogP) is 5.37. The van der Waals surface area contributed by atoms with E-state index in [1.807, 2.05) is 72.0 Å². The van der Waals surface area contributed by atoms with E-state index in [4.69, 9.17) is 20.0 Å². The molecule has 5 amide bonds. The van der Waals surface area contributed by atoms with Crippen molar-refractivity contribution in [2.24, 2.45) is 29.4 Å². The molecule has 10 atom stereocenters. The third kappa shape index (κ3) is 15.5. The van der Waals surface area contributed by atoms with Crippen LogP contribution < -0.4 is 16.4 Å². The molecular weight excluding hydrogens is 827 g/mol. The molecule has 4 N–H and O–H groups in total. The topological polar surface area (TPSA) is 176 Å². The van der Waals surface area contributed by atoms with Gasteiger partial charge in [0.15, 0.2) is 0 Å². The van der Waals surface area contributed by atoms with Crippen LogP contribution in [0.25, 0.3) is 0 Å². The Hall–Kier alpha value is -3.63. The van der Waals surface area contributed by atoms with Crippen molar-refractivity contribution in [2.45, 2.75) is 168 Å². The first-order valence-corrected chi connectivity index (χ1v) is 24.6. The van der Waals surface area contributed by atoms with Crippen LogP contribution in [0.2, 0.25) is 0 Å². The second-order valence-electron chi connectivity index (χ2n) is 19.4. The minimum absolute atomic E-state index is 0.00183. The molecule has 15 nitrogen and oxygen atoms in total. The van der Waals surface area contributed by atoms with Gasteiger partial charge in [-0.2, -0.15) is 0 Å². The number of ether oxygens (including phenoxy) is 2. The highest BCUT2D eigenvalue weighted by molar-refractivity contribution is 5.91. The maximum atomic E-state index is 14.6. The van der Waals surface area contributed by atoms with E-state index in [1.165, 1.54) is 5.06 Å². The van der Waals surface area contributed by atoms with Gasteiger partial charge in [0, 0.05) is 40.3 Å². The maximum Gasteiger partial charge on any atom is 0.269 e. The third-order valence-electron chi connectivity index (χ3n) is 14.0. The quantitative estimate of drug-likeness (QED) is 0.0975. The highest BCUT2D eigenvalue weighted by Gasteiger charge is 2.44. The number of carbonyl (C=O) groups excluding carboxylic acids is 5. The number of nitrogens with two attached hydrogens (primary N) is 1. The Morgan fingerprint density at radius 2 is 1.49 bits per heavy atom. The molecule has 9 unspecified atom stereocenters. The number of amides is 5. The van der Waals surface area contributed by atoms with Crippen LogP contribution in [0.1, 0.15) is 131 Å². The van der Waals surface area contributed by atoms with Gasteiger partial charge in [-0.3, -0.25) is 33.7 Å². The second kappa shape index (κ2) is 27.9. The molecule has 0 aliphatic carbocycles. The second-order valence-corrected chi connectivity index (χ2v) is 19.4. The lowest BCUT2D eigenvalue weighted by Crippen LogP contribution is -2.60. The normalized spacial score (nSPS) is 19.8. The summed E-state index contributed by atoms with van der Waals surface area (Å²) in [5.41, 5.74) is 6.59. The average Bonchev–Trinajstić information content (AvgIpc) is 3.79. The van der Waals surface area contributed by atoms with Crippen molar-refractivity contribution in [3.63, 3.8) is 0 Å². The van der Waals surface area contributed by atoms with Gasteiger partial charge in [0.2, 0.25) is 23.6 Å². The summed E-state index contributed by atoms with van der Waals surface area (Å²) >= 11 is 0. The fourth-order valence-corrected chi connectivity index (χ4v) is 9.85. The number of likely N-dealkylation sites (tertiary alicyclic amines) is 1. The molecule has 0 bridgehead atoms. The largest absolute Gasteiger partial charge is 0.379 e. The predicted molar refractivity (Wildman–Crippen MR) is 255 cm³/mol. The maximum absolute atomic E-state index is 14.6. The van der Waals surface area contributed by atoms with Crippen molar-refractivity contribution in [1.29, 1.82) is 0 Å². The number of likely N-dealkylation sites (N-methyl/N-ethyl adjacent to an activating group) is 2. The average molecular weight is 914 g/mol. The van der Waals surface area contributed by atoms with Crippen LogP contribution in [0, 0.1) is 23.7 Å². The molecule has 15 heteroatoms. The van der Waals surface area contributed by atoms with Crippen LogP contribution in [-0.2, 0) is 38.3 Å². The van der Waals surface area contributed by atoms with Gasteiger partial charge >= 0.3 is 0 Å². The molecule has 1 aromatic carbocycles. The first kappa shape index (κ1) is 55.7. The van der Waals surface area contributed by atoms with Crippen molar-refractivity contribution in [2.75, 3.05) is 61.1 Å². The molecule has 2 fully saturated rings. The van der Waals surface area contributed by atoms with Crippen molar-refractivity contribution in [3.8, 4) is 0 Å². The summed E-state index contributed by atoms with van der Waals surface area (Å²) in [6.07, 6.45) is 6.50. The summed E-state index contributed by atoms with van der Waals surface area (Å²) in [5.74, 6) is -2.50. The number of nitrogens with zero attached hydrogens (tertiary/aromatic N) is 4. The van der Waals surface area contributed by atoms with Crippen LogP contribution in [0.3, 0.4) is 0 Å². The number of hydrogen-bond donors (Lipinski definition) is 3. The standard InChI is InChI=1S/C50H87N7O8/c1-13-35(6)45(55(10)49(61)42(33(2)3)52-48(60)44(34(4)5)54(9)28-20-15-14-19-27-51)40(63-11)32-41(58)56-29-23-26-39(56)46(64-12)37(8)47(59)53-43(36(7)38-24-17-16-18-25-38)50(62)57-30-21-22-31-65-57/h16-18,24-25,33-37,39-40,42-46H,13-15,19-23,26-32,51H2,1-12H3,(H,52,60)(H,53,59)/t35?,36?,37?,39-,40?,42?,43?,44?,45?,46?/m0/s1. The molecule has 0 saturated carbocycles. The number of nitrogens with one attached hydrogen (secondary N) is 2. The fourth-order valence-electron chi connectivity index (χ4n) is 9.85. The zero-order valence-corrected chi connectivity index (χ0v) is 42.1. The van der Waals surface area contributed by atoms with Gasteiger partial charge in [-0.05, 0) is 82.0 Å². The summed E-state index contributed by atoms with van der Waals surface area (Å²) in [4.78, 5) is 82.6. The smallest absolute Gasteiger partial charge is 0.269 e. The molecule has 2 saturated heterocycles. The summed E-state index contributed by atoms with van der Waals surface area (Å²) in [6.45, 7) is 18.6. The molecule has 1 aromatic rings. The molecular formula is C50H87N7O8. The summed E-state index contributed by atoms with van der Waals surface area (Å²) < 4.78 is 12.2. The Labute approximate surface area is 391 Å². The highest BCUT2D eigenvalue weighted by Crippen LogP contribution is 2.31. The van der Waals surface area contributed by atoms with Gasteiger partial charge in [0.1, 0.15) is 12.1 Å². The van der Waals surface area contributed by atoms with Gasteiger partial charge < -0.3 is 35.6 Å². The van der Waals surface area contributed by atoms with Crippen LogP contribution in [-0.4, -0.2) is 153 Å². The lowest BCUT2D eigenvalue weighted by Gasteiger charge is -2.41. The molecule has 3 rings (SSSR count). The van der Waals surface area contributed by atoms with E-state index < -0.39 is 48.3 Å². The van der Waals surface area contributed by atoms with E-state index in [9.17, 15) is 24.0 Å². The number of hydrogen-bond acceptors (Lipinski definition) is 10. The van der Waals surface area contributed by atoms with Gasteiger partial charge in [-0.15, -0.1) is 0 Å². The number of benzene rings is 1. The SMILES string of the molecule is CCC(C)C(C(CC(=O)N1CCC[C@H]1C(OC)C(C)C(=O)NC(C(=O)N1CCCCO1)C(C)c1ccccc1)OC)N(C)C(=O)C(NC(=O)C(C(C)C)N(C)CCCCCCN)C(C)C. The number of methoxy groups -OCH3 is 2. The highest BCUT2D eigenvalue weighted by atomic mass is 16.7. The Balaban J connectivity index is 1.80. The minimum atomic E-state index is -0.882. The molecule has 65 heavy (non-hydrogen) atoms. The number of hydroxylamine groups is 2. The van der Waals surface area contributed by atoms with Crippen molar-refractivity contribution in [3.05, 3.63) is 35.9 Å². The lowest BCUT2D eigenvalue weighted by atomic mass is 9.89. The number of unbranched alkanes of at least 4 members (excludes halogenated alkanes) is 3. The van der Waals surface area contributed by atoms with E-state index in [0.29, 0.717) is 32.7 Å². The van der Waals surface area contributed by atoms with Crippen molar-refractivity contribution >= 4 is 29.5 Å². The Kier molecular flexibility index (Phi) is 23.9. The van der Waals surface area contributed by atoms with Crippen molar-refractivity contribution in [1.82, 2.24) is 30.4 Å². The van der Waals surface area contributed by atoms with Crippen molar-refractivity contribution < 1.29 is 38.3 Å². The van der Waals surface area contributed by atoms with E-state index in [2.05, 4.69) is 29.4 Å². The van der Waals surface area contributed by atoms with Gasteiger partial charge in [-0.1, -0.05) is 105 Å². The molecule has 2 aliphatic rings. The van der Waals surface area contributed by atoms with E-state index in [-0.39, 0.29) is 59.6 Å². The van der Waals surface area contributed by atoms with Gasteiger partial charge in [0.25, 0.3) is 5.91 Å². The van der Waals surface area contributed by atoms with Crippen LogP contribution in [0.15, 0.2) is 30.3 Å².